The van der Waals surface area contributed by atoms with E-state index in [0.717, 1.165) is 5.69 Å². The Labute approximate surface area is 119 Å². The molecular weight excluding hydrogens is 254 g/mol. The summed E-state index contributed by atoms with van der Waals surface area (Å²) >= 11 is 0. The van der Waals surface area contributed by atoms with E-state index in [1.54, 1.807) is 16.8 Å². The van der Waals surface area contributed by atoms with Crippen molar-refractivity contribution in [2.45, 2.75) is 13.3 Å². The molecule has 1 saturated heterocycles. The molecule has 20 heavy (non-hydrogen) atoms. The van der Waals surface area contributed by atoms with Crippen LogP contribution in [0.15, 0.2) is 30.3 Å². The van der Waals surface area contributed by atoms with Crippen molar-refractivity contribution in [3.05, 3.63) is 30.3 Å². The molecule has 2 rings (SSSR count). The van der Waals surface area contributed by atoms with Crippen molar-refractivity contribution < 1.29 is 9.59 Å². The number of rotatable bonds is 2. The first-order valence-electron chi connectivity index (χ1n) is 6.99. The van der Waals surface area contributed by atoms with Crippen LogP contribution in [-0.2, 0) is 4.79 Å². The van der Waals surface area contributed by atoms with Crippen LogP contribution in [-0.4, -0.2) is 55.0 Å². The van der Waals surface area contributed by atoms with Gasteiger partial charge >= 0.3 is 6.03 Å². The number of carbonyl (C=O) groups is 2. The summed E-state index contributed by atoms with van der Waals surface area (Å²) in [5, 5.41) is 0. The molecule has 0 bridgehead atoms. The molecule has 0 radical (unpaired) electrons. The highest BCUT2D eigenvalue weighted by Gasteiger charge is 2.25. The number of benzene rings is 1. The minimum absolute atomic E-state index is 0.0141. The van der Waals surface area contributed by atoms with E-state index < -0.39 is 0 Å². The zero-order valence-electron chi connectivity index (χ0n) is 12.1. The standard InChI is InChI=1S/C15H21N3O2/c1-3-14(19)17-9-11-18(12-10-17)15(20)16(2)13-7-5-4-6-8-13/h4-8H,3,9-12H2,1-2H3. The van der Waals surface area contributed by atoms with Gasteiger partial charge in [-0.05, 0) is 12.1 Å². The van der Waals surface area contributed by atoms with E-state index in [9.17, 15) is 9.59 Å². The Kier molecular flexibility index (Phi) is 4.61. The number of carbonyl (C=O) groups excluding carboxylic acids is 2. The van der Waals surface area contributed by atoms with E-state index in [1.165, 1.54) is 0 Å². The van der Waals surface area contributed by atoms with E-state index in [-0.39, 0.29) is 11.9 Å². The van der Waals surface area contributed by atoms with E-state index in [0.29, 0.717) is 32.6 Å². The van der Waals surface area contributed by atoms with Crippen LogP contribution in [0, 0.1) is 0 Å². The van der Waals surface area contributed by atoms with Crippen molar-refractivity contribution >= 4 is 17.6 Å². The third kappa shape index (κ3) is 3.10. The second-order valence-electron chi connectivity index (χ2n) is 4.90. The molecule has 0 unspecified atom stereocenters. The Morgan fingerprint density at radius 3 is 2.15 bits per heavy atom. The van der Waals surface area contributed by atoms with Gasteiger partial charge in [0.1, 0.15) is 0 Å². The summed E-state index contributed by atoms with van der Waals surface area (Å²) in [6, 6.07) is 9.56. The molecule has 1 heterocycles. The lowest BCUT2D eigenvalue weighted by Gasteiger charge is -2.36. The maximum absolute atomic E-state index is 12.4. The summed E-state index contributed by atoms with van der Waals surface area (Å²) in [5.74, 6) is 0.161. The first kappa shape index (κ1) is 14.4. The van der Waals surface area contributed by atoms with Crippen molar-refractivity contribution in [3.63, 3.8) is 0 Å². The van der Waals surface area contributed by atoms with Crippen molar-refractivity contribution in [2.75, 3.05) is 38.1 Å². The molecule has 0 atom stereocenters. The van der Waals surface area contributed by atoms with E-state index in [1.807, 2.05) is 42.2 Å². The highest BCUT2D eigenvalue weighted by molar-refractivity contribution is 5.91. The topological polar surface area (TPSA) is 43.9 Å². The van der Waals surface area contributed by atoms with Gasteiger partial charge in [-0.25, -0.2) is 4.79 Å². The monoisotopic (exact) mass is 275 g/mol. The first-order valence-corrected chi connectivity index (χ1v) is 6.99. The van der Waals surface area contributed by atoms with E-state index in [4.69, 9.17) is 0 Å². The highest BCUT2D eigenvalue weighted by atomic mass is 16.2. The number of hydrogen-bond donors (Lipinski definition) is 0. The molecule has 1 aliphatic rings. The average Bonchev–Trinajstić information content (AvgIpc) is 2.53. The quantitative estimate of drug-likeness (QED) is 0.826. The predicted octanol–water partition coefficient (Wildman–Crippen LogP) is 1.80. The third-order valence-electron chi connectivity index (χ3n) is 3.64. The van der Waals surface area contributed by atoms with E-state index >= 15 is 0 Å². The molecule has 0 spiro atoms. The lowest BCUT2D eigenvalue weighted by molar-refractivity contribution is -0.132. The van der Waals surface area contributed by atoms with Gasteiger partial charge in [0.05, 0.1) is 0 Å². The van der Waals surface area contributed by atoms with Crippen molar-refractivity contribution in [1.82, 2.24) is 9.80 Å². The van der Waals surface area contributed by atoms with Crippen molar-refractivity contribution in [2.24, 2.45) is 0 Å². The predicted molar refractivity (Wildman–Crippen MR) is 78.7 cm³/mol. The average molecular weight is 275 g/mol. The van der Waals surface area contributed by atoms with E-state index in [2.05, 4.69) is 0 Å². The molecule has 3 amide bonds. The number of piperazine rings is 1. The summed E-state index contributed by atoms with van der Waals surface area (Å²) in [5.41, 5.74) is 0.879. The van der Waals surface area contributed by atoms with Crippen LogP contribution < -0.4 is 4.90 Å². The van der Waals surface area contributed by atoms with Crippen molar-refractivity contribution in [1.29, 1.82) is 0 Å². The van der Waals surface area contributed by atoms with Gasteiger partial charge < -0.3 is 9.80 Å². The molecule has 1 fully saturated rings. The van der Waals surface area contributed by atoms with Gasteiger partial charge in [-0.1, -0.05) is 25.1 Å². The molecule has 0 saturated carbocycles. The van der Waals surface area contributed by atoms with Gasteiger partial charge in [-0.3, -0.25) is 9.69 Å². The van der Waals surface area contributed by atoms with Crippen LogP contribution >= 0.6 is 0 Å². The van der Waals surface area contributed by atoms with Gasteiger partial charge in [0.25, 0.3) is 0 Å². The van der Waals surface area contributed by atoms with Crippen LogP contribution in [0.25, 0.3) is 0 Å². The Balaban J connectivity index is 1.93. The molecule has 1 aromatic rings. The third-order valence-corrected chi connectivity index (χ3v) is 3.64. The normalized spacial score (nSPS) is 15.1. The van der Waals surface area contributed by atoms with Gasteiger partial charge in [0.2, 0.25) is 5.91 Å². The van der Waals surface area contributed by atoms with Crippen LogP contribution in [0.1, 0.15) is 13.3 Å². The minimum atomic E-state index is -0.0141. The Bertz CT molecular complexity index is 467. The lowest BCUT2D eigenvalue weighted by Crippen LogP contribution is -2.53. The van der Waals surface area contributed by atoms with Gasteiger partial charge in [0, 0.05) is 45.3 Å². The summed E-state index contributed by atoms with van der Waals surface area (Å²) in [4.78, 5) is 29.3. The van der Waals surface area contributed by atoms with Crippen LogP contribution in [0.3, 0.4) is 0 Å². The van der Waals surface area contributed by atoms with Gasteiger partial charge in [0.15, 0.2) is 0 Å². The number of anilines is 1. The highest BCUT2D eigenvalue weighted by Crippen LogP contribution is 2.14. The molecule has 5 heteroatoms. The maximum Gasteiger partial charge on any atom is 0.324 e. The molecule has 1 aromatic carbocycles. The second-order valence-corrected chi connectivity index (χ2v) is 4.90. The lowest BCUT2D eigenvalue weighted by atomic mass is 10.3. The summed E-state index contributed by atoms with van der Waals surface area (Å²) in [7, 11) is 1.78. The number of nitrogens with zero attached hydrogens (tertiary/aromatic N) is 3. The first-order chi connectivity index (χ1) is 9.63. The molecule has 0 aromatic heterocycles. The van der Waals surface area contributed by atoms with Crippen LogP contribution in [0.5, 0.6) is 0 Å². The number of para-hydroxylation sites is 1. The molecule has 0 aliphatic carbocycles. The van der Waals surface area contributed by atoms with Crippen LogP contribution in [0.4, 0.5) is 10.5 Å². The number of hydrogen-bond acceptors (Lipinski definition) is 2. The fraction of sp³-hybridized carbons (Fsp3) is 0.467. The Morgan fingerprint density at radius 1 is 1.05 bits per heavy atom. The van der Waals surface area contributed by atoms with Crippen molar-refractivity contribution in [3.8, 4) is 0 Å². The largest absolute Gasteiger partial charge is 0.339 e. The zero-order valence-corrected chi connectivity index (χ0v) is 12.1. The fourth-order valence-corrected chi connectivity index (χ4v) is 2.34. The minimum Gasteiger partial charge on any atom is -0.339 e. The summed E-state index contributed by atoms with van der Waals surface area (Å²) in [6.07, 6.45) is 0.526. The number of amides is 3. The Hall–Kier alpha value is -2.04. The molecule has 5 nitrogen and oxygen atoms in total. The molecule has 0 N–H and O–H groups in total. The van der Waals surface area contributed by atoms with Gasteiger partial charge in [-0.2, -0.15) is 0 Å². The van der Waals surface area contributed by atoms with Crippen LogP contribution in [0.2, 0.25) is 0 Å². The molecule has 108 valence electrons. The van der Waals surface area contributed by atoms with Gasteiger partial charge in [-0.15, -0.1) is 0 Å². The number of urea groups is 1. The molecular formula is C15H21N3O2. The molecule has 1 aliphatic heterocycles. The second kappa shape index (κ2) is 6.41. The maximum atomic E-state index is 12.4. The SMILES string of the molecule is CCC(=O)N1CCN(C(=O)N(C)c2ccccc2)CC1. The summed E-state index contributed by atoms with van der Waals surface area (Å²) < 4.78 is 0. The Morgan fingerprint density at radius 2 is 1.60 bits per heavy atom. The fourth-order valence-electron chi connectivity index (χ4n) is 2.34. The smallest absolute Gasteiger partial charge is 0.324 e. The summed E-state index contributed by atoms with van der Waals surface area (Å²) in [6.45, 7) is 4.31. The zero-order chi connectivity index (χ0) is 14.5.